The lowest BCUT2D eigenvalue weighted by molar-refractivity contribution is -0.120. The SMILES string of the molecule is CCCOC(=O)c1cccc(NC(=O)c2cccc(NC3=C(Cl)C(=O)N(c4cc(Cl)cc(Cl)c4)C3=O)c2)c1. The molecule has 0 radical (unpaired) electrons. The van der Waals surface area contributed by atoms with Crippen molar-refractivity contribution in [2.75, 3.05) is 22.1 Å². The molecule has 1 heterocycles. The summed E-state index contributed by atoms with van der Waals surface area (Å²) in [6.07, 6.45) is 0.696. The molecule has 0 aromatic heterocycles. The summed E-state index contributed by atoms with van der Waals surface area (Å²) in [6, 6.07) is 16.9. The van der Waals surface area contributed by atoms with Gasteiger partial charge in [0, 0.05) is 27.0 Å². The maximum atomic E-state index is 13.1. The minimum Gasteiger partial charge on any atom is -0.462 e. The zero-order valence-electron chi connectivity index (χ0n) is 19.9. The minimum atomic E-state index is -0.747. The summed E-state index contributed by atoms with van der Waals surface area (Å²) in [4.78, 5) is 51.7. The molecule has 0 fully saturated rings. The minimum absolute atomic E-state index is 0.163. The number of rotatable bonds is 8. The monoisotopic (exact) mass is 571 g/mol. The van der Waals surface area contributed by atoms with Gasteiger partial charge in [0.25, 0.3) is 17.7 Å². The number of hydrogen-bond acceptors (Lipinski definition) is 6. The van der Waals surface area contributed by atoms with Crippen LogP contribution in [0.3, 0.4) is 0 Å². The lowest BCUT2D eigenvalue weighted by atomic mass is 10.1. The molecule has 0 aliphatic carbocycles. The predicted molar refractivity (Wildman–Crippen MR) is 147 cm³/mol. The van der Waals surface area contributed by atoms with E-state index in [4.69, 9.17) is 39.5 Å². The first-order valence-corrected chi connectivity index (χ1v) is 12.5. The molecule has 0 unspecified atom stereocenters. The number of nitrogens with zero attached hydrogens (tertiary/aromatic N) is 1. The molecule has 3 aromatic rings. The van der Waals surface area contributed by atoms with E-state index in [1.165, 1.54) is 30.3 Å². The molecule has 3 aromatic carbocycles. The Morgan fingerprint density at radius 3 is 2.16 bits per heavy atom. The molecular weight excluding hydrogens is 553 g/mol. The van der Waals surface area contributed by atoms with E-state index in [0.29, 0.717) is 30.0 Å². The third-order valence-electron chi connectivity index (χ3n) is 5.32. The number of benzene rings is 3. The number of nitrogens with one attached hydrogen (secondary N) is 2. The highest BCUT2D eigenvalue weighted by Gasteiger charge is 2.39. The van der Waals surface area contributed by atoms with E-state index >= 15 is 0 Å². The van der Waals surface area contributed by atoms with Gasteiger partial charge in [-0.3, -0.25) is 14.4 Å². The Labute approximate surface area is 233 Å². The summed E-state index contributed by atoms with van der Waals surface area (Å²) < 4.78 is 5.13. The first-order chi connectivity index (χ1) is 18.2. The average Bonchev–Trinajstić information content (AvgIpc) is 3.10. The first kappa shape index (κ1) is 27.2. The molecule has 194 valence electrons. The van der Waals surface area contributed by atoms with Crippen LogP contribution >= 0.6 is 34.8 Å². The highest BCUT2D eigenvalue weighted by molar-refractivity contribution is 6.53. The molecule has 8 nitrogen and oxygen atoms in total. The topological polar surface area (TPSA) is 105 Å². The molecule has 38 heavy (non-hydrogen) atoms. The maximum absolute atomic E-state index is 13.1. The zero-order chi connectivity index (χ0) is 27.4. The van der Waals surface area contributed by atoms with Crippen molar-refractivity contribution in [3.05, 3.63) is 98.6 Å². The van der Waals surface area contributed by atoms with Crippen molar-refractivity contribution >= 4 is 75.6 Å². The van der Waals surface area contributed by atoms with E-state index in [2.05, 4.69) is 10.6 Å². The first-order valence-electron chi connectivity index (χ1n) is 11.4. The van der Waals surface area contributed by atoms with Crippen LogP contribution in [-0.4, -0.2) is 30.3 Å². The second-order valence-corrected chi connectivity index (χ2v) is 9.39. The number of anilines is 3. The average molecular weight is 573 g/mol. The van der Waals surface area contributed by atoms with Gasteiger partial charge < -0.3 is 15.4 Å². The van der Waals surface area contributed by atoms with E-state index in [-0.39, 0.29) is 32.0 Å². The molecule has 11 heteroatoms. The standard InChI is InChI=1S/C27H20Cl3N3O5/c1-2-9-38-27(37)16-6-4-8-20(11-16)32-24(34)15-5-3-7-19(10-15)31-23-22(30)25(35)33(26(23)36)21-13-17(28)12-18(29)14-21/h3-8,10-14,31H,2,9H2,1H3,(H,32,34). The number of amides is 3. The van der Waals surface area contributed by atoms with E-state index in [9.17, 15) is 19.2 Å². The van der Waals surface area contributed by atoms with Crippen LogP contribution in [0, 0.1) is 0 Å². The molecule has 1 aliphatic heterocycles. The Balaban J connectivity index is 1.50. The third-order valence-corrected chi connectivity index (χ3v) is 6.11. The van der Waals surface area contributed by atoms with Gasteiger partial charge in [-0.1, -0.05) is 53.9 Å². The molecule has 4 rings (SSSR count). The van der Waals surface area contributed by atoms with Gasteiger partial charge in [-0.05, 0) is 61.0 Å². The van der Waals surface area contributed by atoms with Crippen LogP contribution in [0.15, 0.2) is 77.5 Å². The van der Waals surface area contributed by atoms with Gasteiger partial charge in [-0.25, -0.2) is 9.69 Å². The molecule has 0 saturated carbocycles. The Bertz CT molecular complexity index is 1470. The van der Waals surface area contributed by atoms with Crippen molar-refractivity contribution in [3.8, 4) is 0 Å². The van der Waals surface area contributed by atoms with Crippen LogP contribution in [0.25, 0.3) is 0 Å². The van der Waals surface area contributed by atoms with E-state index < -0.39 is 23.7 Å². The van der Waals surface area contributed by atoms with Gasteiger partial charge in [-0.15, -0.1) is 0 Å². The summed E-state index contributed by atoms with van der Waals surface area (Å²) >= 11 is 18.2. The highest BCUT2D eigenvalue weighted by Crippen LogP contribution is 2.33. The zero-order valence-corrected chi connectivity index (χ0v) is 22.2. The normalized spacial score (nSPS) is 13.1. The molecule has 2 N–H and O–H groups in total. The summed E-state index contributed by atoms with van der Waals surface area (Å²) in [5.41, 5.74) is 1.31. The molecule has 0 bridgehead atoms. The number of carbonyl (C=O) groups is 4. The predicted octanol–water partition coefficient (Wildman–Crippen LogP) is 6.25. The lowest BCUT2D eigenvalue weighted by Gasteiger charge is -2.16. The van der Waals surface area contributed by atoms with Gasteiger partial charge in [0.1, 0.15) is 10.7 Å². The van der Waals surface area contributed by atoms with E-state index in [0.717, 1.165) is 4.90 Å². The van der Waals surface area contributed by atoms with Gasteiger partial charge in [0.05, 0.1) is 17.9 Å². The van der Waals surface area contributed by atoms with Gasteiger partial charge in [-0.2, -0.15) is 0 Å². The van der Waals surface area contributed by atoms with Crippen molar-refractivity contribution in [2.45, 2.75) is 13.3 Å². The van der Waals surface area contributed by atoms with Crippen molar-refractivity contribution in [2.24, 2.45) is 0 Å². The van der Waals surface area contributed by atoms with Gasteiger partial charge >= 0.3 is 5.97 Å². The lowest BCUT2D eigenvalue weighted by Crippen LogP contribution is -2.32. The molecule has 0 atom stereocenters. The van der Waals surface area contributed by atoms with E-state index in [1.807, 2.05) is 6.92 Å². The number of hydrogen-bond donors (Lipinski definition) is 2. The fourth-order valence-electron chi connectivity index (χ4n) is 3.60. The molecule has 0 saturated heterocycles. The van der Waals surface area contributed by atoms with Gasteiger partial charge in [0.15, 0.2) is 0 Å². The Hall–Kier alpha value is -3.85. The number of halogens is 3. The smallest absolute Gasteiger partial charge is 0.338 e. The molecule has 0 spiro atoms. The number of ether oxygens (including phenoxy) is 1. The number of imide groups is 1. The summed E-state index contributed by atoms with van der Waals surface area (Å²) in [5.74, 6) is -2.40. The van der Waals surface area contributed by atoms with Crippen molar-refractivity contribution < 1.29 is 23.9 Å². The Morgan fingerprint density at radius 1 is 0.842 bits per heavy atom. The summed E-state index contributed by atoms with van der Waals surface area (Å²) in [6.45, 7) is 2.19. The fourth-order valence-corrected chi connectivity index (χ4v) is 4.33. The van der Waals surface area contributed by atoms with Crippen LogP contribution in [-0.2, 0) is 14.3 Å². The third kappa shape index (κ3) is 5.99. The number of carbonyl (C=O) groups excluding carboxylic acids is 4. The van der Waals surface area contributed by atoms with Crippen molar-refractivity contribution in [1.82, 2.24) is 0 Å². The largest absolute Gasteiger partial charge is 0.462 e. The van der Waals surface area contributed by atoms with E-state index in [1.54, 1.807) is 36.4 Å². The van der Waals surface area contributed by atoms with Gasteiger partial charge in [0.2, 0.25) is 0 Å². The molecule has 3 amide bonds. The summed E-state index contributed by atoms with van der Waals surface area (Å²) in [5, 5.41) is 5.72. The second-order valence-electron chi connectivity index (χ2n) is 8.14. The molecule has 1 aliphatic rings. The van der Waals surface area contributed by atoms with Crippen LogP contribution in [0.5, 0.6) is 0 Å². The van der Waals surface area contributed by atoms with Crippen LogP contribution in [0.4, 0.5) is 17.1 Å². The Morgan fingerprint density at radius 2 is 1.47 bits per heavy atom. The maximum Gasteiger partial charge on any atom is 0.338 e. The molecular formula is C27H20Cl3N3O5. The van der Waals surface area contributed by atoms with Crippen molar-refractivity contribution in [3.63, 3.8) is 0 Å². The van der Waals surface area contributed by atoms with Crippen LogP contribution < -0.4 is 15.5 Å². The number of esters is 1. The highest BCUT2D eigenvalue weighted by atomic mass is 35.5. The second kappa shape index (κ2) is 11.7. The summed E-state index contributed by atoms with van der Waals surface area (Å²) in [7, 11) is 0. The van der Waals surface area contributed by atoms with Crippen molar-refractivity contribution in [1.29, 1.82) is 0 Å². The van der Waals surface area contributed by atoms with Crippen LogP contribution in [0.2, 0.25) is 10.0 Å². The fraction of sp³-hybridized carbons (Fsp3) is 0.111. The van der Waals surface area contributed by atoms with Crippen LogP contribution in [0.1, 0.15) is 34.1 Å². The Kier molecular flexibility index (Phi) is 8.36. The quantitative estimate of drug-likeness (QED) is 0.244.